The molecule has 1 fully saturated rings. The number of carbonyl (C=O) groups is 2. The second-order valence-electron chi connectivity index (χ2n) is 8.76. The maximum atomic E-state index is 11.8. The first-order valence-corrected chi connectivity index (χ1v) is 11.1. The Bertz CT molecular complexity index is 740. The highest BCUT2D eigenvalue weighted by molar-refractivity contribution is 6.03. The molecule has 2 N–H and O–H groups in total. The first kappa shape index (κ1) is 24.3. The molecule has 2 heterocycles. The topological polar surface area (TPSA) is 75.6 Å². The van der Waals surface area contributed by atoms with E-state index in [0.29, 0.717) is 6.42 Å². The largest absolute Gasteiger partial charge is 0.364 e. The number of hydrogen-bond acceptors (Lipinski definition) is 4. The third-order valence-corrected chi connectivity index (χ3v) is 5.74. The number of aliphatic hydroxyl groups excluding tert-OH is 1. The molecular formula is C25H37NO4. The molecule has 0 aromatic carbocycles. The lowest BCUT2D eigenvalue weighted by molar-refractivity contribution is -0.149. The molecule has 5 heteroatoms. The Kier molecular flexibility index (Phi) is 9.73. The van der Waals surface area contributed by atoms with Gasteiger partial charge in [0, 0.05) is 6.42 Å². The summed E-state index contributed by atoms with van der Waals surface area (Å²) in [5.74, 6) is -1.06. The first-order valence-electron chi connectivity index (χ1n) is 11.1. The summed E-state index contributed by atoms with van der Waals surface area (Å²) in [6.45, 7) is 8.62. The number of imide groups is 1. The molecule has 2 aliphatic heterocycles. The van der Waals surface area contributed by atoms with Gasteiger partial charge in [0.15, 0.2) is 6.29 Å². The second kappa shape index (κ2) is 12.0. The van der Waals surface area contributed by atoms with Crippen molar-refractivity contribution < 1.29 is 19.4 Å². The van der Waals surface area contributed by atoms with Crippen LogP contribution in [0.5, 0.6) is 0 Å². The van der Waals surface area contributed by atoms with E-state index in [9.17, 15) is 14.7 Å². The SMILES string of the molecule is CC(C)=CCC/C(C)=C/CCC(C)=CCCC1=CC[C@H]([C@@H]2CC(=O)NC2=O)O[C@@H]1O. The van der Waals surface area contributed by atoms with E-state index >= 15 is 0 Å². The van der Waals surface area contributed by atoms with Crippen molar-refractivity contribution in [3.63, 3.8) is 0 Å². The highest BCUT2D eigenvalue weighted by Gasteiger charge is 2.39. The van der Waals surface area contributed by atoms with Gasteiger partial charge in [-0.05, 0) is 78.2 Å². The number of allylic oxidation sites excluding steroid dienone is 6. The van der Waals surface area contributed by atoms with Crippen LogP contribution in [0.25, 0.3) is 0 Å². The van der Waals surface area contributed by atoms with Gasteiger partial charge in [0.25, 0.3) is 0 Å². The van der Waals surface area contributed by atoms with Crippen LogP contribution in [0.3, 0.4) is 0 Å². The van der Waals surface area contributed by atoms with Crippen molar-refractivity contribution in [3.05, 3.63) is 46.6 Å². The van der Waals surface area contributed by atoms with Crippen LogP contribution in [-0.4, -0.2) is 29.3 Å². The Balaban J connectivity index is 1.72. The quantitative estimate of drug-likeness (QED) is 0.394. The summed E-state index contributed by atoms with van der Waals surface area (Å²) >= 11 is 0. The van der Waals surface area contributed by atoms with E-state index in [1.165, 1.54) is 16.7 Å². The van der Waals surface area contributed by atoms with Gasteiger partial charge in [-0.25, -0.2) is 0 Å². The smallest absolute Gasteiger partial charge is 0.232 e. The van der Waals surface area contributed by atoms with E-state index < -0.39 is 18.3 Å². The van der Waals surface area contributed by atoms with Crippen molar-refractivity contribution in [2.45, 2.75) is 91.5 Å². The van der Waals surface area contributed by atoms with Crippen molar-refractivity contribution in [3.8, 4) is 0 Å². The van der Waals surface area contributed by atoms with Crippen LogP contribution < -0.4 is 5.32 Å². The minimum Gasteiger partial charge on any atom is -0.364 e. The molecule has 0 unspecified atom stereocenters. The van der Waals surface area contributed by atoms with E-state index in [4.69, 9.17) is 4.74 Å². The molecule has 5 nitrogen and oxygen atoms in total. The molecule has 0 saturated carbocycles. The average Bonchev–Trinajstić information content (AvgIpc) is 3.01. The molecule has 166 valence electrons. The fourth-order valence-electron chi connectivity index (χ4n) is 3.86. The Morgan fingerprint density at radius 3 is 2.27 bits per heavy atom. The van der Waals surface area contributed by atoms with E-state index in [0.717, 1.165) is 44.1 Å². The van der Waals surface area contributed by atoms with Gasteiger partial charge >= 0.3 is 0 Å². The summed E-state index contributed by atoms with van der Waals surface area (Å²) < 4.78 is 5.64. The minimum atomic E-state index is -0.993. The van der Waals surface area contributed by atoms with Crippen LogP contribution in [0.15, 0.2) is 46.6 Å². The fourth-order valence-corrected chi connectivity index (χ4v) is 3.86. The molecule has 3 atom stereocenters. The lowest BCUT2D eigenvalue weighted by atomic mass is 9.93. The molecule has 1 saturated heterocycles. The lowest BCUT2D eigenvalue weighted by Gasteiger charge is -2.29. The van der Waals surface area contributed by atoms with Gasteiger partial charge in [0.2, 0.25) is 11.8 Å². The highest BCUT2D eigenvalue weighted by Crippen LogP contribution is 2.29. The summed E-state index contributed by atoms with van der Waals surface area (Å²) in [7, 11) is 0. The van der Waals surface area contributed by atoms with Gasteiger partial charge in [-0.1, -0.05) is 41.0 Å². The molecule has 30 heavy (non-hydrogen) atoms. The van der Waals surface area contributed by atoms with Gasteiger partial charge in [0.05, 0.1) is 12.0 Å². The number of nitrogens with one attached hydrogen (secondary N) is 1. The Hall–Kier alpha value is -1.98. The molecule has 2 aliphatic rings. The summed E-state index contributed by atoms with van der Waals surface area (Å²) in [5, 5.41) is 12.6. The third kappa shape index (κ3) is 8.04. The molecule has 0 spiro atoms. The van der Waals surface area contributed by atoms with Crippen LogP contribution >= 0.6 is 0 Å². The van der Waals surface area contributed by atoms with E-state index in [1.54, 1.807) is 0 Å². The average molecular weight is 416 g/mol. The van der Waals surface area contributed by atoms with Crippen LogP contribution in [0.1, 0.15) is 79.1 Å². The monoisotopic (exact) mass is 415 g/mol. The van der Waals surface area contributed by atoms with Crippen molar-refractivity contribution in [2.24, 2.45) is 5.92 Å². The second-order valence-corrected chi connectivity index (χ2v) is 8.76. The molecule has 0 aromatic rings. The van der Waals surface area contributed by atoms with Crippen LogP contribution in [-0.2, 0) is 14.3 Å². The highest BCUT2D eigenvalue weighted by atomic mass is 16.6. The van der Waals surface area contributed by atoms with E-state index in [-0.39, 0.29) is 18.2 Å². The van der Waals surface area contributed by atoms with Gasteiger partial charge in [-0.15, -0.1) is 0 Å². The van der Waals surface area contributed by atoms with Crippen molar-refractivity contribution in [1.82, 2.24) is 5.32 Å². The maximum Gasteiger partial charge on any atom is 0.232 e. The van der Waals surface area contributed by atoms with Crippen molar-refractivity contribution in [2.75, 3.05) is 0 Å². The number of ether oxygens (including phenoxy) is 1. The van der Waals surface area contributed by atoms with Crippen molar-refractivity contribution in [1.29, 1.82) is 0 Å². The molecule has 2 amide bonds. The molecule has 0 bridgehead atoms. The van der Waals surface area contributed by atoms with Gasteiger partial charge in [-0.2, -0.15) is 0 Å². The summed E-state index contributed by atoms with van der Waals surface area (Å²) in [6, 6.07) is 0. The zero-order chi connectivity index (χ0) is 22.1. The Morgan fingerprint density at radius 1 is 1.07 bits per heavy atom. The predicted molar refractivity (Wildman–Crippen MR) is 119 cm³/mol. The van der Waals surface area contributed by atoms with Gasteiger partial charge < -0.3 is 9.84 Å². The zero-order valence-electron chi connectivity index (χ0n) is 18.9. The zero-order valence-corrected chi connectivity index (χ0v) is 18.9. The van der Waals surface area contributed by atoms with Crippen LogP contribution in [0, 0.1) is 5.92 Å². The molecule has 0 aromatic heterocycles. The number of carbonyl (C=O) groups excluding carboxylic acids is 2. The number of aliphatic hydroxyl groups is 1. The van der Waals surface area contributed by atoms with Gasteiger partial charge in [0.1, 0.15) is 0 Å². The number of rotatable bonds is 10. The normalized spacial score (nSPS) is 25.2. The Morgan fingerprint density at radius 2 is 1.70 bits per heavy atom. The molecule has 2 rings (SSSR count). The first-order chi connectivity index (χ1) is 14.3. The predicted octanol–water partition coefficient (Wildman–Crippen LogP) is 4.88. The number of hydrogen-bond donors (Lipinski definition) is 2. The molecule has 0 aliphatic carbocycles. The molecule has 0 radical (unpaired) electrons. The van der Waals surface area contributed by atoms with Crippen LogP contribution in [0.4, 0.5) is 0 Å². The standard InChI is InChI=1S/C25H37NO4/c1-17(2)8-5-9-18(3)10-6-11-19(4)12-7-13-20-14-15-22(30-25(20)29)21-16-23(27)26-24(21)28/h8,10,12,14,21-22,25,29H,5-7,9,11,13,15-16H2,1-4H3,(H,26,27,28)/b18-10+,19-12?/t21-,22+,25-/m0/s1. The Labute approximate surface area is 181 Å². The summed E-state index contributed by atoms with van der Waals surface area (Å²) in [6.07, 6.45) is 14.0. The minimum absolute atomic E-state index is 0.143. The van der Waals surface area contributed by atoms with E-state index in [1.807, 2.05) is 6.08 Å². The maximum absolute atomic E-state index is 11.8. The van der Waals surface area contributed by atoms with Crippen LogP contribution in [0.2, 0.25) is 0 Å². The molecular weight excluding hydrogens is 378 g/mol. The summed E-state index contributed by atoms with van der Waals surface area (Å²) in [4.78, 5) is 23.2. The third-order valence-electron chi connectivity index (χ3n) is 5.74. The van der Waals surface area contributed by atoms with Gasteiger partial charge in [-0.3, -0.25) is 14.9 Å². The van der Waals surface area contributed by atoms with Crippen molar-refractivity contribution >= 4 is 11.8 Å². The summed E-state index contributed by atoms with van der Waals surface area (Å²) in [5.41, 5.74) is 5.03. The van der Waals surface area contributed by atoms with E-state index in [2.05, 4.69) is 51.2 Å². The fraction of sp³-hybridized carbons (Fsp3) is 0.600. The number of amides is 2. The lowest BCUT2D eigenvalue weighted by Crippen LogP contribution is -2.36.